The smallest absolute Gasteiger partial charge is 0.259 e. The second kappa shape index (κ2) is 10.2. The molecule has 0 spiro atoms. The van der Waals surface area contributed by atoms with Crippen molar-refractivity contribution in [3.8, 4) is 11.5 Å². The Kier molecular flexibility index (Phi) is 7.58. The average Bonchev–Trinajstić information content (AvgIpc) is 3.06. The summed E-state index contributed by atoms with van der Waals surface area (Å²) >= 11 is 0. The van der Waals surface area contributed by atoms with Gasteiger partial charge in [0.15, 0.2) is 11.5 Å². The lowest BCUT2D eigenvalue weighted by molar-refractivity contribution is -0.126. The van der Waals surface area contributed by atoms with Gasteiger partial charge in [0.25, 0.3) is 5.91 Å². The van der Waals surface area contributed by atoms with Gasteiger partial charge in [0.2, 0.25) is 5.91 Å². The molecule has 2 amide bonds. The third-order valence-electron chi connectivity index (χ3n) is 6.41. The number of nitrogens with one attached hydrogen (secondary N) is 1. The minimum atomic E-state index is -0.634. The van der Waals surface area contributed by atoms with Crippen LogP contribution in [0.25, 0.3) is 0 Å². The van der Waals surface area contributed by atoms with Gasteiger partial charge in [0.1, 0.15) is 6.04 Å². The average molecular weight is 418 g/mol. The van der Waals surface area contributed by atoms with Crippen LogP contribution in [0, 0.1) is 0 Å². The molecule has 0 bridgehead atoms. The van der Waals surface area contributed by atoms with Gasteiger partial charge < -0.3 is 24.6 Å². The minimum absolute atomic E-state index is 0.0965. The van der Waals surface area contributed by atoms with Gasteiger partial charge in [0.05, 0.1) is 19.8 Å². The predicted molar refractivity (Wildman–Crippen MR) is 116 cm³/mol. The molecular formula is C23H35N3O4. The highest BCUT2D eigenvalue weighted by Gasteiger charge is 2.44. The predicted octanol–water partition coefficient (Wildman–Crippen LogP) is 2.99. The molecule has 1 saturated carbocycles. The second-order valence-electron chi connectivity index (χ2n) is 8.04. The summed E-state index contributed by atoms with van der Waals surface area (Å²) < 4.78 is 10.9. The number of carbonyl (C=O) groups is 2. The SMILES string of the molecule is CCN(CC)CCN1C(=O)c2c(ccc(OC)c2OC)C1C(=O)NC1CCCCC1. The maximum Gasteiger partial charge on any atom is 0.259 e. The summed E-state index contributed by atoms with van der Waals surface area (Å²) in [6, 6.07) is 3.16. The number of fused-ring (bicyclic) bond motifs is 1. The first kappa shape index (κ1) is 22.4. The molecule has 7 heteroatoms. The lowest BCUT2D eigenvalue weighted by Crippen LogP contribution is -2.46. The second-order valence-corrected chi connectivity index (χ2v) is 8.04. The monoisotopic (exact) mass is 417 g/mol. The standard InChI is InChI=1S/C23H35N3O4/c1-5-25(6-2)14-15-26-20(22(27)24-16-10-8-7-9-11-16)17-12-13-18(29-3)21(30-4)19(17)23(26)28/h12-13,16,20H,5-11,14-15H2,1-4H3,(H,24,27). The van der Waals surface area contributed by atoms with E-state index in [0.717, 1.165) is 45.3 Å². The number of benzene rings is 1. The van der Waals surface area contributed by atoms with Crippen molar-refractivity contribution in [3.63, 3.8) is 0 Å². The summed E-state index contributed by atoms with van der Waals surface area (Å²) in [5.41, 5.74) is 1.14. The van der Waals surface area contributed by atoms with Gasteiger partial charge in [-0.05, 0) is 32.0 Å². The van der Waals surface area contributed by atoms with Crippen LogP contribution in [0.4, 0.5) is 0 Å². The number of likely N-dealkylation sites (N-methyl/N-ethyl adjacent to an activating group) is 1. The van der Waals surface area contributed by atoms with Crippen LogP contribution in [0.1, 0.15) is 67.9 Å². The third-order valence-corrected chi connectivity index (χ3v) is 6.41. The largest absolute Gasteiger partial charge is 0.493 e. The van der Waals surface area contributed by atoms with Gasteiger partial charge in [-0.25, -0.2) is 0 Å². The highest BCUT2D eigenvalue weighted by atomic mass is 16.5. The number of rotatable bonds is 9. The Balaban J connectivity index is 1.92. The van der Waals surface area contributed by atoms with E-state index in [0.29, 0.717) is 29.2 Å². The molecule has 1 N–H and O–H groups in total. The van der Waals surface area contributed by atoms with Crippen LogP contribution < -0.4 is 14.8 Å². The van der Waals surface area contributed by atoms with Gasteiger partial charge in [-0.1, -0.05) is 39.2 Å². The Hall–Kier alpha value is -2.28. The fourth-order valence-corrected chi connectivity index (χ4v) is 4.65. The molecule has 3 rings (SSSR count). The molecule has 1 aliphatic carbocycles. The summed E-state index contributed by atoms with van der Waals surface area (Å²) in [7, 11) is 3.08. The maximum absolute atomic E-state index is 13.4. The lowest BCUT2D eigenvalue weighted by Gasteiger charge is -2.30. The van der Waals surface area contributed by atoms with Crippen molar-refractivity contribution in [2.75, 3.05) is 40.4 Å². The number of carbonyl (C=O) groups excluding carboxylic acids is 2. The topological polar surface area (TPSA) is 71.1 Å². The molecule has 1 aromatic rings. The van der Waals surface area contributed by atoms with E-state index in [9.17, 15) is 9.59 Å². The van der Waals surface area contributed by atoms with Gasteiger partial charge >= 0.3 is 0 Å². The summed E-state index contributed by atoms with van der Waals surface area (Å²) in [5, 5.41) is 3.22. The first-order valence-electron chi connectivity index (χ1n) is 11.1. The van der Waals surface area contributed by atoms with Gasteiger partial charge in [-0.2, -0.15) is 0 Å². The molecule has 1 fully saturated rings. The molecule has 1 heterocycles. The quantitative estimate of drug-likeness (QED) is 0.669. The number of methoxy groups -OCH3 is 2. The molecular weight excluding hydrogens is 382 g/mol. The molecule has 2 aliphatic rings. The summed E-state index contributed by atoms with van der Waals surface area (Å²) in [6.07, 6.45) is 5.52. The molecule has 166 valence electrons. The number of hydrogen-bond acceptors (Lipinski definition) is 5. The molecule has 1 aliphatic heterocycles. The Morgan fingerprint density at radius 1 is 1.13 bits per heavy atom. The number of ether oxygens (including phenoxy) is 2. The molecule has 0 saturated heterocycles. The zero-order chi connectivity index (χ0) is 21.7. The van der Waals surface area contributed by atoms with Crippen molar-refractivity contribution in [3.05, 3.63) is 23.3 Å². The fourth-order valence-electron chi connectivity index (χ4n) is 4.65. The van der Waals surface area contributed by atoms with Crippen LogP contribution >= 0.6 is 0 Å². The van der Waals surface area contributed by atoms with Crippen molar-refractivity contribution in [2.24, 2.45) is 0 Å². The first-order valence-corrected chi connectivity index (χ1v) is 11.1. The Morgan fingerprint density at radius 3 is 2.43 bits per heavy atom. The molecule has 30 heavy (non-hydrogen) atoms. The minimum Gasteiger partial charge on any atom is -0.493 e. The van der Waals surface area contributed by atoms with Crippen LogP contribution in [-0.2, 0) is 4.79 Å². The Labute approximate surface area is 179 Å². The third kappa shape index (κ3) is 4.41. The van der Waals surface area contributed by atoms with E-state index in [1.54, 1.807) is 18.1 Å². The van der Waals surface area contributed by atoms with E-state index in [2.05, 4.69) is 24.1 Å². The number of hydrogen-bond donors (Lipinski definition) is 1. The van der Waals surface area contributed by atoms with Crippen molar-refractivity contribution in [1.29, 1.82) is 0 Å². The van der Waals surface area contributed by atoms with Crippen molar-refractivity contribution in [2.45, 2.75) is 58.0 Å². The van der Waals surface area contributed by atoms with Crippen molar-refractivity contribution < 1.29 is 19.1 Å². The van der Waals surface area contributed by atoms with Crippen LogP contribution in [0.5, 0.6) is 11.5 Å². The maximum atomic E-state index is 13.4. The molecule has 1 aromatic carbocycles. The van der Waals surface area contributed by atoms with Crippen LogP contribution in [0.2, 0.25) is 0 Å². The van der Waals surface area contributed by atoms with Gasteiger partial charge in [-0.15, -0.1) is 0 Å². The lowest BCUT2D eigenvalue weighted by atomic mass is 9.94. The van der Waals surface area contributed by atoms with Gasteiger partial charge in [-0.3, -0.25) is 9.59 Å². The zero-order valence-electron chi connectivity index (χ0n) is 18.7. The van der Waals surface area contributed by atoms with E-state index in [1.165, 1.54) is 13.5 Å². The van der Waals surface area contributed by atoms with Crippen LogP contribution in [0.3, 0.4) is 0 Å². The van der Waals surface area contributed by atoms with Crippen molar-refractivity contribution in [1.82, 2.24) is 15.1 Å². The highest BCUT2D eigenvalue weighted by molar-refractivity contribution is 6.07. The summed E-state index contributed by atoms with van der Waals surface area (Å²) in [6.45, 7) is 7.22. The summed E-state index contributed by atoms with van der Waals surface area (Å²) in [5.74, 6) is 0.639. The van der Waals surface area contributed by atoms with Crippen LogP contribution in [0.15, 0.2) is 12.1 Å². The van der Waals surface area contributed by atoms with E-state index >= 15 is 0 Å². The van der Waals surface area contributed by atoms with E-state index < -0.39 is 6.04 Å². The first-order chi connectivity index (χ1) is 14.5. The molecule has 7 nitrogen and oxygen atoms in total. The Bertz CT molecular complexity index is 757. The normalized spacial score (nSPS) is 19.2. The molecule has 0 radical (unpaired) electrons. The van der Waals surface area contributed by atoms with E-state index in [-0.39, 0.29) is 17.9 Å². The van der Waals surface area contributed by atoms with E-state index in [1.807, 2.05) is 6.07 Å². The number of amides is 2. The zero-order valence-corrected chi connectivity index (χ0v) is 18.7. The van der Waals surface area contributed by atoms with Crippen molar-refractivity contribution >= 4 is 11.8 Å². The molecule has 0 aromatic heterocycles. The summed E-state index contributed by atoms with van der Waals surface area (Å²) in [4.78, 5) is 30.8. The van der Waals surface area contributed by atoms with Gasteiger partial charge in [0, 0.05) is 24.7 Å². The van der Waals surface area contributed by atoms with Crippen LogP contribution in [-0.4, -0.2) is 68.1 Å². The highest BCUT2D eigenvalue weighted by Crippen LogP contribution is 2.43. The Morgan fingerprint density at radius 2 is 1.83 bits per heavy atom. The van der Waals surface area contributed by atoms with E-state index in [4.69, 9.17) is 9.47 Å². The fraction of sp³-hybridized carbons (Fsp3) is 0.652. The molecule has 1 atom stereocenters. The molecule has 1 unspecified atom stereocenters. The number of nitrogens with zero attached hydrogens (tertiary/aromatic N) is 2.